The fraction of sp³-hybridized carbons (Fsp3) is 0.529. The second-order valence-corrected chi connectivity index (χ2v) is 6.07. The van der Waals surface area contributed by atoms with Crippen LogP contribution in [0.3, 0.4) is 0 Å². The number of aliphatic hydroxyl groups is 1. The van der Waals surface area contributed by atoms with E-state index in [1.54, 1.807) is 4.90 Å². The van der Waals surface area contributed by atoms with Gasteiger partial charge in [-0.15, -0.1) is 0 Å². The van der Waals surface area contributed by atoms with Crippen molar-refractivity contribution in [2.75, 3.05) is 19.6 Å². The summed E-state index contributed by atoms with van der Waals surface area (Å²) >= 11 is 0. The van der Waals surface area contributed by atoms with Crippen LogP contribution in [0.4, 0.5) is 4.79 Å². The molecule has 3 rings (SSSR count). The van der Waals surface area contributed by atoms with E-state index >= 15 is 0 Å². The average Bonchev–Trinajstić information content (AvgIpc) is 3.23. The van der Waals surface area contributed by atoms with Crippen molar-refractivity contribution in [2.45, 2.75) is 38.0 Å². The van der Waals surface area contributed by atoms with Crippen LogP contribution < -0.4 is 0 Å². The van der Waals surface area contributed by atoms with Crippen LogP contribution in [0.2, 0.25) is 0 Å². The maximum absolute atomic E-state index is 12.6. The van der Waals surface area contributed by atoms with Crippen molar-refractivity contribution in [3.8, 4) is 0 Å². The molecule has 2 saturated heterocycles. The summed E-state index contributed by atoms with van der Waals surface area (Å²) < 4.78 is 5.31. The number of aliphatic hydroxyl groups excluding tert-OH is 1. The van der Waals surface area contributed by atoms with Gasteiger partial charge >= 0.3 is 6.09 Å². The number of hydrogen-bond donors (Lipinski definition) is 1. The first-order valence-corrected chi connectivity index (χ1v) is 8.11. The molecule has 1 aromatic rings. The van der Waals surface area contributed by atoms with Crippen LogP contribution in [0.15, 0.2) is 30.3 Å². The average molecular weight is 318 g/mol. The minimum atomic E-state index is -0.813. The molecule has 0 bridgehead atoms. The van der Waals surface area contributed by atoms with Gasteiger partial charge in [-0.25, -0.2) is 4.79 Å². The van der Waals surface area contributed by atoms with E-state index in [0.29, 0.717) is 26.1 Å². The Kier molecular flexibility index (Phi) is 4.81. The third kappa shape index (κ3) is 3.47. The molecule has 23 heavy (non-hydrogen) atoms. The minimum Gasteiger partial charge on any atom is -0.445 e. The molecule has 0 radical (unpaired) electrons. The highest BCUT2D eigenvalue weighted by Gasteiger charge is 2.44. The molecule has 6 nitrogen and oxygen atoms in total. The van der Waals surface area contributed by atoms with Gasteiger partial charge in [-0.1, -0.05) is 30.3 Å². The zero-order valence-electron chi connectivity index (χ0n) is 13.1. The largest absolute Gasteiger partial charge is 0.445 e. The maximum atomic E-state index is 12.6. The van der Waals surface area contributed by atoms with Gasteiger partial charge in [-0.05, 0) is 24.8 Å². The van der Waals surface area contributed by atoms with Gasteiger partial charge in [-0.3, -0.25) is 9.69 Å². The number of nitrogens with zero attached hydrogens (tertiary/aromatic N) is 2. The number of amides is 2. The second-order valence-electron chi connectivity index (χ2n) is 6.07. The summed E-state index contributed by atoms with van der Waals surface area (Å²) in [6, 6.07) is 8.59. The predicted octanol–water partition coefficient (Wildman–Crippen LogP) is 1.38. The molecule has 2 amide bonds. The summed E-state index contributed by atoms with van der Waals surface area (Å²) in [5.74, 6) is -0.163. The third-order valence-electron chi connectivity index (χ3n) is 4.48. The lowest BCUT2D eigenvalue weighted by atomic mass is 10.1. The van der Waals surface area contributed by atoms with Crippen LogP contribution in [-0.4, -0.2) is 58.7 Å². The molecule has 2 aliphatic rings. The Hall–Kier alpha value is -2.08. The van der Waals surface area contributed by atoms with Crippen LogP contribution in [0.5, 0.6) is 0 Å². The van der Waals surface area contributed by atoms with Gasteiger partial charge in [0.25, 0.3) is 0 Å². The quantitative estimate of drug-likeness (QED) is 0.914. The lowest BCUT2D eigenvalue weighted by Crippen LogP contribution is -2.51. The SMILES string of the molecule is O=C(C1C(O)CCN1C(=O)OCc1ccccc1)N1CCCC1. The molecule has 0 aliphatic carbocycles. The van der Waals surface area contributed by atoms with E-state index in [1.807, 2.05) is 30.3 Å². The van der Waals surface area contributed by atoms with E-state index in [0.717, 1.165) is 18.4 Å². The molecule has 2 aliphatic heterocycles. The first-order chi connectivity index (χ1) is 11.2. The Bertz CT molecular complexity index is 557. The van der Waals surface area contributed by atoms with Gasteiger partial charge < -0.3 is 14.7 Å². The topological polar surface area (TPSA) is 70.1 Å². The van der Waals surface area contributed by atoms with Crippen molar-refractivity contribution in [1.29, 1.82) is 0 Å². The van der Waals surface area contributed by atoms with Crippen LogP contribution in [0.1, 0.15) is 24.8 Å². The summed E-state index contributed by atoms with van der Waals surface area (Å²) in [5, 5.41) is 10.1. The van der Waals surface area contributed by atoms with Crippen molar-refractivity contribution in [1.82, 2.24) is 9.80 Å². The molecule has 1 N–H and O–H groups in total. The second kappa shape index (κ2) is 7.00. The van der Waals surface area contributed by atoms with Crippen molar-refractivity contribution in [3.63, 3.8) is 0 Å². The van der Waals surface area contributed by atoms with E-state index in [1.165, 1.54) is 4.90 Å². The van der Waals surface area contributed by atoms with E-state index in [-0.39, 0.29) is 12.5 Å². The van der Waals surface area contributed by atoms with Crippen molar-refractivity contribution in [2.24, 2.45) is 0 Å². The fourth-order valence-electron chi connectivity index (χ4n) is 3.21. The summed E-state index contributed by atoms with van der Waals surface area (Å²) in [6.07, 6.45) is 1.01. The molecule has 124 valence electrons. The lowest BCUT2D eigenvalue weighted by Gasteiger charge is -2.28. The lowest BCUT2D eigenvalue weighted by molar-refractivity contribution is -0.137. The number of hydrogen-bond acceptors (Lipinski definition) is 4. The van der Waals surface area contributed by atoms with Crippen molar-refractivity contribution < 1.29 is 19.4 Å². The summed E-state index contributed by atoms with van der Waals surface area (Å²) in [6.45, 7) is 1.92. The van der Waals surface area contributed by atoms with Crippen LogP contribution in [0, 0.1) is 0 Å². The maximum Gasteiger partial charge on any atom is 0.410 e. The van der Waals surface area contributed by atoms with Crippen LogP contribution >= 0.6 is 0 Å². The van der Waals surface area contributed by atoms with Crippen LogP contribution in [0.25, 0.3) is 0 Å². The van der Waals surface area contributed by atoms with Gasteiger partial charge in [0.2, 0.25) is 5.91 Å². The number of likely N-dealkylation sites (tertiary alicyclic amines) is 2. The zero-order valence-corrected chi connectivity index (χ0v) is 13.1. The Balaban J connectivity index is 1.62. The third-order valence-corrected chi connectivity index (χ3v) is 4.48. The standard InChI is InChI=1S/C17H22N2O4/c20-14-8-11-19(15(14)16(21)18-9-4-5-10-18)17(22)23-12-13-6-2-1-3-7-13/h1-3,6-7,14-15,20H,4-5,8-12H2. The molecule has 6 heteroatoms. The van der Waals surface area contributed by atoms with Gasteiger partial charge in [0.05, 0.1) is 6.10 Å². The molecule has 0 saturated carbocycles. The number of rotatable bonds is 3. The number of carbonyl (C=O) groups excluding carboxylic acids is 2. The van der Waals surface area contributed by atoms with E-state index < -0.39 is 18.2 Å². The highest BCUT2D eigenvalue weighted by Crippen LogP contribution is 2.23. The Morgan fingerprint density at radius 2 is 1.83 bits per heavy atom. The minimum absolute atomic E-state index is 0.163. The summed E-state index contributed by atoms with van der Waals surface area (Å²) in [7, 11) is 0. The molecule has 2 unspecified atom stereocenters. The van der Waals surface area contributed by atoms with E-state index in [4.69, 9.17) is 4.74 Å². The highest BCUT2D eigenvalue weighted by molar-refractivity contribution is 5.87. The van der Waals surface area contributed by atoms with E-state index in [2.05, 4.69) is 0 Å². The fourth-order valence-corrected chi connectivity index (χ4v) is 3.21. The molecule has 1 aromatic carbocycles. The Labute approximate surface area is 135 Å². The van der Waals surface area contributed by atoms with Gasteiger partial charge in [-0.2, -0.15) is 0 Å². The van der Waals surface area contributed by atoms with Crippen molar-refractivity contribution >= 4 is 12.0 Å². The molecule has 2 heterocycles. The Morgan fingerprint density at radius 3 is 2.52 bits per heavy atom. The highest BCUT2D eigenvalue weighted by atomic mass is 16.6. The number of carbonyl (C=O) groups is 2. The smallest absolute Gasteiger partial charge is 0.410 e. The van der Waals surface area contributed by atoms with Crippen LogP contribution in [-0.2, 0) is 16.1 Å². The normalized spacial score (nSPS) is 24.0. The molecule has 2 atom stereocenters. The van der Waals surface area contributed by atoms with E-state index in [9.17, 15) is 14.7 Å². The zero-order chi connectivity index (χ0) is 16.2. The monoisotopic (exact) mass is 318 g/mol. The molecular formula is C17H22N2O4. The summed E-state index contributed by atoms with van der Waals surface area (Å²) in [5.41, 5.74) is 0.892. The number of benzene rings is 1. The first-order valence-electron chi connectivity index (χ1n) is 8.11. The molecular weight excluding hydrogens is 296 g/mol. The molecule has 2 fully saturated rings. The Morgan fingerprint density at radius 1 is 1.13 bits per heavy atom. The van der Waals surface area contributed by atoms with Gasteiger partial charge in [0, 0.05) is 19.6 Å². The first kappa shape index (κ1) is 15.8. The van der Waals surface area contributed by atoms with Crippen molar-refractivity contribution in [3.05, 3.63) is 35.9 Å². The summed E-state index contributed by atoms with van der Waals surface area (Å²) in [4.78, 5) is 28.0. The molecule has 0 spiro atoms. The van der Waals surface area contributed by atoms with Gasteiger partial charge in [0.1, 0.15) is 12.6 Å². The number of ether oxygens (including phenoxy) is 1. The van der Waals surface area contributed by atoms with Gasteiger partial charge in [0.15, 0.2) is 0 Å². The molecule has 0 aromatic heterocycles. The predicted molar refractivity (Wildman–Crippen MR) is 83.6 cm³/mol.